The largest absolute Gasteiger partial charge is 0.465 e. The van der Waals surface area contributed by atoms with E-state index < -0.39 is 6.09 Å². The van der Waals surface area contributed by atoms with Gasteiger partial charge < -0.3 is 19.1 Å². The zero-order valence-corrected chi connectivity index (χ0v) is 11.7. The summed E-state index contributed by atoms with van der Waals surface area (Å²) in [5.41, 5.74) is 0.250. The smallest absolute Gasteiger partial charge is 0.411 e. The Morgan fingerprint density at radius 2 is 2.40 bits per heavy atom. The van der Waals surface area contributed by atoms with Gasteiger partial charge in [-0.15, -0.1) is 0 Å². The van der Waals surface area contributed by atoms with Crippen LogP contribution in [0.1, 0.15) is 38.8 Å². The minimum atomic E-state index is -1.18. The summed E-state index contributed by atoms with van der Waals surface area (Å²) in [5.74, 6) is 0.106. The first-order valence-electron chi connectivity index (χ1n) is 6.68. The molecule has 1 aromatic heterocycles. The fourth-order valence-corrected chi connectivity index (χ4v) is 1.98. The van der Waals surface area contributed by atoms with Crippen molar-refractivity contribution in [2.45, 2.75) is 44.8 Å². The van der Waals surface area contributed by atoms with E-state index >= 15 is 0 Å². The number of carbonyl (C=O) groups is 1. The fourth-order valence-electron chi connectivity index (χ4n) is 1.98. The highest BCUT2D eigenvalue weighted by Crippen LogP contribution is 2.26. The summed E-state index contributed by atoms with van der Waals surface area (Å²) in [6.45, 7) is 5.08. The summed E-state index contributed by atoms with van der Waals surface area (Å²) >= 11 is 0. The maximum absolute atomic E-state index is 10.5. The summed E-state index contributed by atoms with van der Waals surface area (Å²) in [6.07, 6.45) is 1.75. The van der Waals surface area contributed by atoms with Gasteiger partial charge in [0.1, 0.15) is 0 Å². The average molecular weight is 284 g/mol. The van der Waals surface area contributed by atoms with E-state index in [1.54, 1.807) is 6.07 Å². The molecule has 0 aromatic carbocycles. The number of anilines is 1. The molecule has 7 nitrogen and oxygen atoms in total. The zero-order chi connectivity index (χ0) is 14.6. The Morgan fingerprint density at radius 3 is 3.05 bits per heavy atom. The molecular weight excluding hydrogens is 264 g/mol. The van der Waals surface area contributed by atoms with Gasteiger partial charge in [0.25, 0.3) is 0 Å². The summed E-state index contributed by atoms with van der Waals surface area (Å²) in [6, 6.07) is 1.57. The van der Waals surface area contributed by atoms with Crippen molar-refractivity contribution in [2.75, 3.05) is 18.5 Å². The van der Waals surface area contributed by atoms with Crippen LogP contribution >= 0.6 is 0 Å². The van der Waals surface area contributed by atoms with Crippen molar-refractivity contribution in [2.24, 2.45) is 0 Å². The van der Waals surface area contributed by atoms with Gasteiger partial charge in [0.05, 0.1) is 12.3 Å². The predicted octanol–water partition coefficient (Wildman–Crippen LogP) is 2.59. The lowest BCUT2D eigenvalue weighted by atomic mass is 9.90. The second-order valence-electron chi connectivity index (χ2n) is 5.50. The minimum Gasteiger partial charge on any atom is -0.465 e. The van der Waals surface area contributed by atoms with Crippen LogP contribution in [0.2, 0.25) is 0 Å². The molecule has 2 N–H and O–H groups in total. The van der Waals surface area contributed by atoms with Gasteiger partial charge in [-0.3, -0.25) is 5.32 Å². The molecule has 0 aliphatic carbocycles. The third-order valence-corrected chi connectivity index (χ3v) is 3.20. The molecule has 1 atom stereocenters. The standard InChI is InChI=1S/C13H20N2O5/c1-13(2,8-19-11-5-3-4-6-18-11)9-7-10(20-15-9)14-12(16)17/h7,11,14H,3-6,8H2,1-2H3,(H,16,17). The summed E-state index contributed by atoms with van der Waals surface area (Å²) in [4.78, 5) is 10.5. The second-order valence-corrected chi connectivity index (χ2v) is 5.50. The molecule has 0 spiro atoms. The Labute approximate surface area is 117 Å². The number of rotatable bonds is 5. The predicted molar refractivity (Wildman–Crippen MR) is 70.7 cm³/mol. The van der Waals surface area contributed by atoms with Gasteiger partial charge in [0, 0.05) is 18.1 Å². The Hall–Kier alpha value is -1.60. The lowest BCUT2D eigenvalue weighted by molar-refractivity contribution is -0.170. The van der Waals surface area contributed by atoms with Crippen LogP contribution in [-0.4, -0.2) is 35.9 Å². The molecule has 7 heteroatoms. The van der Waals surface area contributed by atoms with Crippen LogP contribution in [0.15, 0.2) is 10.6 Å². The molecule has 1 amide bonds. The topological polar surface area (TPSA) is 93.8 Å². The number of ether oxygens (including phenoxy) is 2. The van der Waals surface area contributed by atoms with Crippen molar-refractivity contribution in [3.05, 3.63) is 11.8 Å². The molecule has 0 radical (unpaired) electrons. The van der Waals surface area contributed by atoms with Crippen molar-refractivity contribution in [3.8, 4) is 0 Å². The molecule has 2 heterocycles. The zero-order valence-electron chi connectivity index (χ0n) is 11.7. The van der Waals surface area contributed by atoms with E-state index in [1.165, 1.54) is 0 Å². The van der Waals surface area contributed by atoms with Crippen LogP contribution in [-0.2, 0) is 14.9 Å². The number of carboxylic acid groups (broad SMARTS) is 1. The third kappa shape index (κ3) is 3.94. The maximum Gasteiger partial charge on any atom is 0.411 e. The molecule has 20 heavy (non-hydrogen) atoms. The first-order chi connectivity index (χ1) is 9.47. The van der Waals surface area contributed by atoms with Gasteiger partial charge >= 0.3 is 6.09 Å². The SMILES string of the molecule is CC(C)(COC1CCCCO1)c1cc(NC(=O)O)on1. The van der Waals surface area contributed by atoms with Crippen molar-refractivity contribution in [3.63, 3.8) is 0 Å². The number of hydrogen-bond acceptors (Lipinski definition) is 5. The van der Waals surface area contributed by atoms with Crippen LogP contribution in [0.25, 0.3) is 0 Å². The summed E-state index contributed by atoms with van der Waals surface area (Å²) < 4.78 is 16.2. The number of nitrogens with one attached hydrogen (secondary N) is 1. The molecule has 1 fully saturated rings. The number of amides is 1. The van der Waals surface area contributed by atoms with Crippen molar-refractivity contribution < 1.29 is 23.9 Å². The molecule has 1 aliphatic rings. The van der Waals surface area contributed by atoms with E-state index in [9.17, 15) is 4.79 Å². The number of hydrogen-bond donors (Lipinski definition) is 2. The fraction of sp³-hybridized carbons (Fsp3) is 0.692. The Morgan fingerprint density at radius 1 is 1.60 bits per heavy atom. The highest BCUT2D eigenvalue weighted by atomic mass is 16.7. The van der Waals surface area contributed by atoms with E-state index in [0.717, 1.165) is 25.9 Å². The molecule has 0 saturated carbocycles. The first-order valence-corrected chi connectivity index (χ1v) is 6.68. The third-order valence-electron chi connectivity index (χ3n) is 3.20. The Kier molecular flexibility index (Phi) is 4.61. The van der Waals surface area contributed by atoms with Gasteiger partial charge in [-0.2, -0.15) is 0 Å². The van der Waals surface area contributed by atoms with Crippen LogP contribution in [0.4, 0.5) is 10.7 Å². The van der Waals surface area contributed by atoms with E-state index in [0.29, 0.717) is 12.3 Å². The first kappa shape index (κ1) is 14.8. The van der Waals surface area contributed by atoms with Gasteiger partial charge in [-0.25, -0.2) is 4.79 Å². The molecular formula is C13H20N2O5. The number of nitrogens with zero attached hydrogens (tertiary/aromatic N) is 1. The van der Waals surface area contributed by atoms with E-state index in [1.807, 2.05) is 13.8 Å². The van der Waals surface area contributed by atoms with Gasteiger partial charge in [0.15, 0.2) is 6.29 Å². The lowest BCUT2D eigenvalue weighted by Gasteiger charge is -2.28. The molecule has 1 saturated heterocycles. The van der Waals surface area contributed by atoms with Crippen LogP contribution in [0.3, 0.4) is 0 Å². The molecule has 0 bridgehead atoms. The number of aromatic nitrogens is 1. The molecule has 1 unspecified atom stereocenters. The van der Waals surface area contributed by atoms with Crippen molar-refractivity contribution in [1.82, 2.24) is 5.16 Å². The van der Waals surface area contributed by atoms with E-state index in [2.05, 4.69) is 10.5 Å². The molecule has 1 aliphatic heterocycles. The van der Waals surface area contributed by atoms with Crippen LogP contribution < -0.4 is 5.32 Å². The maximum atomic E-state index is 10.5. The van der Waals surface area contributed by atoms with E-state index in [4.69, 9.17) is 19.1 Å². The molecule has 2 rings (SSSR count). The van der Waals surface area contributed by atoms with E-state index in [-0.39, 0.29) is 17.6 Å². The highest BCUT2D eigenvalue weighted by molar-refractivity contribution is 5.80. The Balaban J connectivity index is 1.91. The second kappa shape index (κ2) is 6.23. The van der Waals surface area contributed by atoms with Crippen LogP contribution in [0.5, 0.6) is 0 Å². The lowest BCUT2D eigenvalue weighted by Crippen LogP contribution is -2.31. The molecule has 1 aromatic rings. The van der Waals surface area contributed by atoms with Crippen LogP contribution in [0, 0.1) is 0 Å². The molecule has 112 valence electrons. The van der Waals surface area contributed by atoms with Gasteiger partial charge in [-0.05, 0) is 19.3 Å². The normalized spacial score (nSPS) is 19.8. The summed E-state index contributed by atoms with van der Waals surface area (Å²) in [5, 5.41) is 14.6. The highest BCUT2D eigenvalue weighted by Gasteiger charge is 2.28. The Bertz CT molecular complexity index is 451. The monoisotopic (exact) mass is 284 g/mol. The summed E-state index contributed by atoms with van der Waals surface area (Å²) in [7, 11) is 0. The van der Waals surface area contributed by atoms with Crippen molar-refractivity contribution >= 4 is 12.0 Å². The quantitative estimate of drug-likeness (QED) is 0.863. The minimum absolute atomic E-state index is 0.106. The average Bonchev–Trinajstić information content (AvgIpc) is 2.86. The van der Waals surface area contributed by atoms with Crippen molar-refractivity contribution in [1.29, 1.82) is 0 Å². The van der Waals surface area contributed by atoms with Gasteiger partial charge in [0.2, 0.25) is 5.88 Å². The van der Waals surface area contributed by atoms with Gasteiger partial charge in [-0.1, -0.05) is 19.0 Å².